The van der Waals surface area contributed by atoms with Crippen LogP contribution in [0.2, 0.25) is 0 Å². The van der Waals surface area contributed by atoms with E-state index in [9.17, 15) is 0 Å². The Morgan fingerprint density at radius 1 is 1.32 bits per heavy atom. The topological polar surface area (TPSA) is 65.1 Å². The molecule has 0 aliphatic carbocycles. The largest absolute Gasteiger partial charge is 0.491 e. The molecule has 0 bridgehead atoms. The molecule has 0 radical (unpaired) electrons. The SMILES string of the molecule is CCCOc1ccc(CCNCCCn2ccnc2)cc1N. The maximum Gasteiger partial charge on any atom is 0.142 e. The number of aryl methyl sites for hydroxylation is 1. The fraction of sp³-hybridized carbons (Fsp3) is 0.471. The Morgan fingerprint density at radius 3 is 2.95 bits per heavy atom. The number of hydrogen-bond acceptors (Lipinski definition) is 4. The maximum absolute atomic E-state index is 6.01. The van der Waals surface area contributed by atoms with E-state index in [1.165, 1.54) is 5.56 Å². The predicted molar refractivity (Wildman–Crippen MR) is 90.1 cm³/mol. The zero-order chi connectivity index (χ0) is 15.6. The Morgan fingerprint density at radius 2 is 2.23 bits per heavy atom. The molecule has 2 rings (SSSR count). The van der Waals surface area contributed by atoms with Gasteiger partial charge in [-0.15, -0.1) is 0 Å². The van der Waals surface area contributed by atoms with Crippen LogP contribution in [0.25, 0.3) is 0 Å². The number of anilines is 1. The quantitative estimate of drug-likeness (QED) is 0.523. The van der Waals surface area contributed by atoms with Crippen molar-refractivity contribution < 1.29 is 4.74 Å². The van der Waals surface area contributed by atoms with Gasteiger partial charge in [0.2, 0.25) is 0 Å². The summed E-state index contributed by atoms with van der Waals surface area (Å²) < 4.78 is 7.68. The van der Waals surface area contributed by atoms with Crippen molar-refractivity contribution in [1.29, 1.82) is 0 Å². The molecule has 2 aromatic rings. The zero-order valence-electron chi connectivity index (χ0n) is 13.3. The molecule has 0 saturated heterocycles. The van der Waals surface area contributed by atoms with Crippen LogP contribution in [0.4, 0.5) is 5.69 Å². The number of rotatable bonds is 10. The monoisotopic (exact) mass is 302 g/mol. The number of benzene rings is 1. The first-order valence-corrected chi connectivity index (χ1v) is 7.97. The molecule has 5 heteroatoms. The Kier molecular flexibility index (Phi) is 6.77. The second kappa shape index (κ2) is 9.10. The van der Waals surface area contributed by atoms with E-state index in [0.717, 1.165) is 50.3 Å². The van der Waals surface area contributed by atoms with Crippen molar-refractivity contribution in [3.8, 4) is 5.75 Å². The van der Waals surface area contributed by atoms with Gasteiger partial charge in [0.25, 0.3) is 0 Å². The van der Waals surface area contributed by atoms with E-state index in [0.29, 0.717) is 6.61 Å². The van der Waals surface area contributed by atoms with Crippen molar-refractivity contribution >= 4 is 5.69 Å². The highest BCUT2D eigenvalue weighted by Gasteiger charge is 2.02. The molecule has 0 spiro atoms. The van der Waals surface area contributed by atoms with Crippen LogP contribution in [0.15, 0.2) is 36.9 Å². The third-order valence-electron chi connectivity index (χ3n) is 3.46. The van der Waals surface area contributed by atoms with Crippen LogP contribution >= 0.6 is 0 Å². The smallest absolute Gasteiger partial charge is 0.142 e. The van der Waals surface area contributed by atoms with Gasteiger partial charge in [0.05, 0.1) is 18.6 Å². The first-order chi connectivity index (χ1) is 10.8. The second-order valence-electron chi connectivity index (χ2n) is 5.37. The van der Waals surface area contributed by atoms with Gasteiger partial charge in [-0.2, -0.15) is 0 Å². The minimum absolute atomic E-state index is 0.710. The first-order valence-electron chi connectivity index (χ1n) is 7.97. The number of imidazole rings is 1. The van der Waals surface area contributed by atoms with Gasteiger partial charge in [-0.1, -0.05) is 13.0 Å². The summed E-state index contributed by atoms with van der Waals surface area (Å²) >= 11 is 0. The molecule has 0 aliphatic rings. The van der Waals surface area contributed by atoms with Crippen LogP contribution in [0, 0.1) is 0 Å². The van der Waals surface area contributed by atoms with Gasteiger partial charge in [-0.25, -0.2) is 4.98 Å². The molecule has 0 fully saturated rings. The highest BCUT2D eigenvalue weighted by molar-refractivity contribution is 5.54. The van der Waals surface area contributed by atoms with Crippen molar-refractivity contribution in [2.75, 3.05) is 25.4 Å². The molecule has 1 aromatic heterocycles. The molecular formula is C17H26N4O. The summed E-state index contributed by atoms with van der Waals surface area (Å²) in [6.07, 6.45) is 8.72. The van der Waals surface area contributed by atoms with Crippen LogP contribution < -0.4 is 15.8 Å². The molecule has 0 saturated carbocycles. The number of nitrogens with one attached hydrogen (secondary N) is 1. The summed E-state index contributed by atoms with van der Waals surface area (Å²) in [6, 6.07) is 6.08. The molecule has 0 amide bonds. The van der Waals surface area contributed by atoms with E-state index in [2.05, 4.69) is 27.9 Å². The average Bonchev–Trinajstić information content (AvgIpc) is 3.03. The number of nitrogens with two attached hydrogens (primary N) is 1. The summed E-state index contributed by atoms with van der Waals surface area (Å²) in [5, 5.41) is 3.46. The molecule has 1 aromatic carbocycles. The van der Waals surface area contributed by atoms with Crippen molar-refractivity contribution in [1.82, 2.24) is 14.9 Å². The molecule has 22 heavy (non-hydrogen) atoms. The number of ether oxygens (including phenoxy) is 1. The van der Waals surface area contributed by atoms with Gasteiger partial charge in [0.15, 0.2) is 0 Å². The number of hydrogen-bond donors (Lipinski definition) is 2. The van der Waals surface area contributed by atoms with Gasteiger partial charge in [-0.3, -0.25) is 0 Å². The number of aromatic nitrogens is 2. The highest BCUT2D eigenvalue weighted by atomic mass is 16.5. The van der Waals surface area contributed by atoms with Crippen LogP contribution in [0.1, 0.15) is 25.3 Å². The van der Waals surface area contributed by atoms with Gasteiger partial charge in [0.1, 0.15) is 5.75 Å². The van der Waals surface area contributed by atoms with E-state index in [1.807, 2.05) is 30.9 Å². The van der Waals surface area contributed by atoms with Crippen LogP contribution in [0.5, 0.6) is 5.75 Å². The third-order valence-corrected chi connectivity index (χ3v) is 3.46. The fourth-order valence-corrected chi connectivity index (χ4v) is 2.26. The van der Waals surface area contributed by atoms with Crippen LogP contribution in [0.3, 0.4) is 0 Å². The van der Waals surface area contributed by atoms with E-state index >= 15 is 0 Å². The lowest BCUT2D eigenvalue weighted by Gasteiger charge is -2.10. The maximum atomic E-state index is 6.01. The molecule has 3 N–H and O–H groups in total. The van der Waals surface area contributed by atoms with Crippen molar-refractivity contribution in [3.05, 3.63) is 42.5 Å². The predicted octanol–water partition coefficient (Wildman–Crippen LogP) is 2.48. The summed E-state index contributed by atoms with van der Waals surface area (Å²) in [5.41, 5.74) is 7.98. The molecule has 0 atom stereocenters. The van der Waals surface area contributed by atoms with Gasteiger partial charge in [0, 0.05) is 18.9 Å². The second-order valence-corrected chi connectivity index (χ2v) is 5.37. The fourth-order valence-electron chi connectivity index (χ4n) is 2.26. The Balaban J connectivity index is 1.63. The lowest BCUT2D eigenvalue weighted by atomic mass is 10.1. The Bertz CT molecular complexity index is 540. The first kappa shape index (κ1) is 16.4. The normalized spacial score (nSPS) is 10.8. The van der Waals surface area contributed by atoms with E-state index in [1.54, 1.807) is 0 Å². The highest BCUT2D eigenvalue weighted by Crippen LogP contribution is 2.22. The molecular weight excluding hydrogens is 276 g/mol. The van der Waals surface area contributed by atoms with E-state index in [4.69, 9.17) is 10.5 Å². The van der Waals surface area contributed by atoms with Crippen LogP contribution in [-0.4, -0.2) is 29.2 Å². The van der Waals surface area contributed by atoms with Gasteiger partial charge >= 0.3 is 0 Å². The van der Waals surface area contributed by atoms with Crippen LogP contribution in [-0.2, 0) is 13.0 Å². The minimum Gasteiger partial charge on any atom is -0.491 e. The van der Waals surface area contributed by atoms with E-state index < -0.39 is 0 Å². The average molecular weight is 302 g/mol. The molecule has 1 heterocycles. The van der Waals surface area contributed by atoms with Gasteiger partial charge in [-0.05, 0) is 50.0 Å². The summed E-state index contributed by atoms with van der Waals surface area (Å²) in [5.74, 6) is 0.791. The zero-order valence-corrected chi connectivity index (χ0v) is 13.3. The molecule has 0 unspecified atom stereocenters. The Labute approximate surface area is 132 Å². The lowest BCUT2D eigenvalue weighted by Crippen LogP contribution is -2.19. The molecule has 5 nitrogen and oxygen atoms in total. The van der Waals surface area contributed by atoms with Crippen molar-refractivity contribution in [3.63, 3.8) is 0 Å². The van der Waals surface area contributed by atoms with Crippen molar-refractivity contribution in [2.45, 2.75) is 32.7 Å². The summed E-state index contributed by atoms with van der Waals surface area (Å²) in [6.45, 7) is 5.76. The summed E-state index contributed by atoms with van der Waals surface area (Å²) in [4.78, 5) is 4.03. The van der Waals surface area contributed by atoms with Crippen molar-refractivity contribution in [2.24, 2.45) is 0 Å². The standard InChI is InChI=1S/C17H26N4O/c1-2-12-22-17-5-4-15(13-16(17)18)6-8-19-7-3-10-21-11-9-20-14-21/h4-5,9,11,13-14,19H,2-3,6-8,10,12,18H2,1H3. The lowest BCUT2D eigenvalue weighted by molar-refractivity contribution is 0.319. The molecule has 120 valence electrons. The third kappa shape index (κ3) is 5.41. The van der Waals surface area contributed by atoms with Gasteiger partial charge < -0.3 is 20.4 Å². The number of nitrogen functional groups attached to an aromatic ring is 1. The number of nitrogens with zero attached hydrogens (tertiary/aromatic N) is 2. The van der Waals surface area contributed by atoms with E-state index in [-0.39, 0.29) is 0 Å². The Hall–Kier alpha value is -2.01. The summed E-state index contributed by atoms with van der Waals surface area (Å²) in [7, 11) is 0. The minimum atomic E-state index is 0.710. The molecule has 0 aliphatic heterocycles.